The van der Waals surface area contributed by atoms with Gasteiger partial charge in [0, 0.05) is 5.92 Å². The highest BCUT2D eigenvalue weighted by atomic mass is 16.7. The molecule has 0 radical (unpaired) electrons. The molecule has 0 unspecified atom stereocenters. The molecule has 2 aliphatic heterocycles. The molecule has 0 atom stereocenters. The number of hydrogen-bond donors (Lipinski definition) is 0. The summed E-state index contributed by atoms with van der Waals surface area (Å²) in [6.45, 7) is 3.64. The van der Waals surface area contributed by atoms with Crippen LogP contribution in [0, 0.1) is 5.92 Å². The Morgan fingerprint density at radius 3 is 1.62 bits per heavy atom. The fourth-order valence-corrected chi connectivity index (χ4v) is 1.39. The molecule has 84 valence electrons. The molecule has 3 rings (SSSR count). The van der Waals surface area contributed by atoms with Crippen LogP contribution in [-0.4, -0.2) is 18.2 Å². The van der Waals surface area contributed by atoms with Crippen LogP contribution in [0.4, 0.5) is 0 Å². The van der Waals surface area contributed by atoms with Gasteiger partial charge in [-0.3, -0.25) is 0 Å². The highest BCUT2D eigenvalue weighted by Gasteiger charge is 2.26. The summed E-state index contributed by atoms with van der Waals surface area (Å²) >= 11 is 0. The maximum absolute atomic E-state index is 11.6. The van der Waals surface area contributed by atoms with Crippen molar-refractivity contribution in [1.82, 2.24) is 0 Å². The van der Waals surface area contributed by atoms with Gasteiger partial charge in [-0.1, -0.05) is 13.8 Å². The Hall–Kier alpha value is -1.84. The van der Waals surface area contributed by atoms with Gasteiger partial charge in [-0.2, -0.15) is 0 Å². The second-order valence-electron chi connectivity index (χ2n) is 4.00. The summed E-state index contributed by atoms with van der Waals surface area (Å²) in [7, 11) is 0. The van der Waals surface area contributed by atoms with Crippen LogP contribution >= 0.6 is 0 Å². The number of rotatable bonds is 1. The van der Waals surface area contributed by atoms with Crippen LogP contribution in [0.1, 0.15) is 34.6 Å². The molecule has 1 aromatic rings. The second-order valence-corrected chi connectivity index (χ2v) is 4.00. The third-order valence-electron chi connectivity index (χ3n) is 2.35. The summed E-state index contributed by atoms with van der Waals surface area (Å²) < 4.78 is 10.2. The minimum atomic E-state index is -0.829. The molecule has 16 heavy (non-hydrogen) atoms. The Kier molecular flexibility index (Phi) is 2.64. The lowest BCUT2D eigenvalue weighted by Crippen LogP contribution is -2.28. The van der Waals surface area contributed by atoms with Gasteiger partial charge in [0.25, 0.3) is 0 Å². The molecule has 1 aromatic carbocycles. The first-order chi connectivity index (χ1) is 7.58. The van der Waals surface area contributed by atoms with Gasteiger partial charge in [-0.25, -0.2) is 9.59 Å². The van der Waals surface area contributed by atoms with Crippen LogP contribution in [0.25, 0.3) is 0 Å². The largest absolute Gasteiger partial charge is 0.421 e. The lowest BCUT2D eigenvalue weighted by atomic mass is 10.1. The average molecular weight is 220 g/mol. The van der Waals surface area contributed by atoms with Crippen molar-refractivity contribution in [2.24, 2.45) is 5.92 Å². The van der Waals surface area contributed by atoms with E-state index in [1.165, 1.54) is 0 Å². The molecule has 2 aliphatic rings. The molecule has 0 aliphatic carbocycles. The van der Waals surface area contributed by atoms with Crippen molar-refractivity contribution in [2.75, 3.05) is 0 Å². The summed E-state index contributed by atoms with van der Waals surface area (Å²) in [6.07, 6.45) is -0.829. The lowest BCUT2D eigenvalue weighted by molar-refractivity contribution is -0.101. The monoisotopic (exact) mass is 220 g/mol. The van der Waals surface area contributed by atoms with Crippen molar-refractivity contribution < 1.29 is 19.1 Å². The topological polar surface area (TPSA) is 52.6 Å². The molecule has 0 spiro atoms. The predicted octanol–water partition coefficient (Wildman–Crippen LogP) is 2.00. The molecule has 4 nitrogen and oxygen atoms in total. The fraction of sp³-hybridized carbons (Fsp3) is 0.333. The Labute approximate surface area is 93.2 Å². The van der Waals surface area contributed by atoms with E-state index in [1.807, 2.05) is 13.8 Å². The number of fused-ring (bicyclic) bond motifs is 6. The zero-order valence-electron chi connectivity index (χ0n) is 9.10. The fourth-order valence-electron chi connectivity index (χ4n) is 1.39. The SMILES string of the molecule is CC(C)C1OC(=O)c2ccc(cc2)C(=O)O1. The van der Waals surface area contributed by atoms with Gasteiger partial charge >= 0.3 is 11.9 Å². The van der Waals surface area contributed by atoms with Crippen LogP contribution in [0.3, 0.4) is 0 Å². The normalized spacial score (nSPS) is 16.4. The Morgan fingerprint density at radius 2 is 1.31 bits per heavy atom. The Bertz CT molecular complexity index is 382. The van der Waals surface area contributed by atoms with Crippen molar-refractivity contribution in [3.8, 4) is 0 Å². The average Bonchev–Trinajstić information content (AvgIpc) is 2.35. The van der Waals surface area contributed by atoms with Gasteiger partial charge in [-0.05, 0) is 24.3 Å². The standard InChI is InChI=1S/C12H12O4/c1-7(2)12-15-10(13)8-3-4-9(6-5-8)11(14)16-12/h3-7,12H,1-2H3. The van der Waals surface area contributed by atoms with Gasteiger partial charge in [0.15, 0.2) is 0 Å². The summed E-state index contributed by atoms with van der Waals surface area (Å²) in [4.78, 5) is 23.3. The minimum absolute atomic E-state index is 0.0772. The van der Waals surface area contributed by atoms with E-state index < -0.39 is 18.2 Å². The van der Waals surface area contributed by atoms with Gasteiger partial charge < -0.3 is 9.47 Å². The first-order valence-corrected chi connectivity index (χ1v) is 5.10. The van der Waals surface area contributed by atoms with E-state index in [-0.39, 0.29) is 5.92 Å². The minimum Gasteiger partial charge on any atom is -0.421 e. The molecular formula is C12H12O4. The number of hydrogen-bond acceptors (Lipinski definition) is 4. The van der Waals surface area contributed by atoms with E-state index >= 15 is 0 Å². The first kappa shape index (κ1) is 10.7. The molecule has 0 fully saturated rings. The number of ether oxygens (including phenoxy) is 2. The van der Waals surface area contributed by atoms with E-state index in [1.54, 1.807) is 24.3 Å². The van der Waals surface area contributed by atoms with E-state index in [9.17, 15) is 9.59 Å². The highest BCUT2D eigenvalue weighted by Crippen LogP contribution is 2.17. The van der Waals surface area contributed by atoms with Gasteiger partial charge in [0.1, 0.15) is 0 Å². The summed E-state index contributed by atoms with van der Waals surface area (Å²) in [5.74, 6) is -1.02. The number of carbonyl (C=O) groups is 2. The van der Waals surface area contributed by atoms with Crippen LogP contribution in [-0.2, 0) is 9.47 Å². The van der Waals surface area contributed by atoms with Crippen molar-refractivity contribution in [3.63, 3.8) is 0 Å². The molecule has 2 heterocycles. The number of esters is 2. The van der Waals surface area contributed by atoms with E-state index in [4.69, 9.17) is 9.47 Å². The van der Waals surface area contributed by atoms with Crippen LogP contribution in [0.15, 0.2) is 24.3 Å². The van der Waals surface area contributed by atoms with Crippen molar-refractivity contribution in [3.05, 3.63) is 35.4 Å². The van der Waals surface area contributed by atoms with Crippen LogP contribution < -0.4 is 0 Å². The predicted molar refractivity (Wildman–Crippen MR) is 55.9 cm³/mol. The summed E-state index contributed by atoms with van der Waals surface area (Å²) in [5, 5.41) is 0. The van der Waals surface area contributed by atoms with Gasteiger partial charge in [0.2, 0.25) is 6.29 Å². The third kappa shape index (κ3) is 1.91. The zero-order chi connectivity index (χ0) is 11.7. The maximum Gasteiger partial charge on any atom is 0.341 e. The van der Waals surface area contributed by atoms with E-state index in [0.717, 1.165) is 0 Å². The molecule has 0 N–H and O–H groups in total. The maximum atomic E-state index is 11.6. The molecule has 4 heteroatoms. The van der Waals surface area contributed by atoms with Gasteiger partial charge in [-0.15, -0.1) is 0 Å². The molecular weight excluding hydrogens is 208 g/mol. The summed E-state index contributed by atoms with van der Waals surface area (Å²) in [5.41, 5.74) is 0.848. The molecule has 0 saturated carbocycles. The van der Waals surface area contributed by atoms with Crippen molar-refractivity contribution >= 4 is 11.9 Å². The Morgan fingerprint density at radius 1 is 0.938 bits per heavy atom. The lowest BCUT2D eigenvalue weighted by Gasteiger charge is -2.20. The third-order valence-corrected chi connectivity index (χ3v) is 2.35. The smallest absolute Gasteiger partial charge is 0.341 e. The van der Waals surface area contributed by atoms with E-state index in [0.29, 0.717) is 11.1 Å². The van der Waals surface area contributed by atoms with Crippen molar-refractivity contribution in [1.29, 1.82) is 0 Å². The van der Waals surface area contributed by atoms with Crippen LogP contribution in [0.5, 0.6) is 0 Å². The number of carbonyl (C=O) groups excluding carboxylic acids is 2. The zero-order valence-corrected chi connectivity index (χ0v) is 9.10. The highest BCUT2D eigenvalue weighted by molar-refractivity contribution is 5.94. The summed E-state index contributed by atoms with van der Waals surface area (Å²) in [6, 6.07) is 6.23. The number of benzene rings is 1. The van der Waals surface area contributed by atoms with Crippen LogP contribution in [0.2, 0.25) is 0 Å². The molecule has 0 aromatic heterocycles. The molecule has 2 bridgehead atoms. The quantitative estimate of drug-likeness (QED) is 0.679. The van der Waals surface area contributed by atoms with E-state index in [2.05, 4.69) is 0 Å². The molecule has 0 saturated heterocycles. The van der Waals surface area contributed by atoms with Crippen molar-refractivity contribution in [2.45, 2.75) is 20.1 Å². The molecule has 0 amide bonds. The van der Waals surface area contributed by atoms with Gasteiger partial charge in [0.05, 0.1) is 11.1 Å². The Balaban J connectivity index is 2.38. The second kappa shape index (κ2) is 3.96. The first-order valence-electron chi connectivity index (χ1n) is 5.10.